The summed E-state index contributed by atoms with van der Waals surface area (Å²) in [6, 6.07) is 7.41. The van der Waals surface area contributed by atoms with E-state index >= 15 is 0 Å². The molecule has 3 nitrogen and oxygen atoms in total. The quantitative estimate of drug-likeness (QED) is 0.810. The minimum atomic E-state index is 0.0515. The van der Waals surface area contributed by atoms with Gasteiger partial charge in [-0.1, -0.05) is 34.1 Å². The van der Waals surface area contributed by atoms with E-state index in [-0.39, 0.29) is 12.3 Å². The number of ketones is 1. The van der Waals surface area contributed by atoms with Gasteiger partial charge in [0.25, 0.3) is 0 Å². The normalized spacial score (nSPS) is 10.4. The van der Waals surface area contributed by atoms with Crippen LogP contribution in [0.1, 0.15) is 15.9 Å². The fraction of sp³-hybridized carbons (Fsp3) is 0.167. The smallest absolute Gasteiger partial charge is 0.185 e. The number of carbonyl (C=O) groups is 1. The molecule has 0 amide bonds. The Labute approximate surface area is 102 Å². The van der Waals surface area contributed by atoms with Crippen LogP contribution in [0.25, 0.3) is 0 Å². The molecular formula is C12H11BrN2O. The molecule has 4 heteroatoms. The molecule has 82 valence electrons. The van der Waals surface area contributed by atoms with E-state index in [0.717, 1.165) is 10.0 Å². The van der Waals surface area contributed by atoms with E-state index in [1.54, 1.807) is 10.9 Å². The predicted octanol–water partition coefficient (Wildman–Crippen LogP) is 2.84. The molecule has 0 aliphatic carbocycles. The second kappa shape index (κ2) is 4.61. The third-order valence-electron chi connectivity index (χ3n) is 2.24. The average molecular weight is 279 g/mol. The third kappa shape index (κ3) is 2.39. The Balaban J connectivity index is 2.18. The predicted molar refractivity (Wildman–Crippen MR) is 65.4 cm³/mol. The SMILES string of the molecule is Cc1cnn(CC(=O)c2ccccc2Br)c1. The molecular weight excluding hydrogens is 268 g/mol. The molecule has 0 radical (unpaired) electrons. The second-order valence-corrected chi connectivity index (χ2v) is 4.47. The first-order valence-electron chi connectivity index (χ1n) is 4.93. The zero-order valence-corrected chi connectivity index (χ0v) is 10.4. The number of nitrogens with zero attached hydrogens (tertiary/aromatic N) is 2. The van der Waals surface area contributed by atoms with Crippen molar-refractivity contribution >= 4 is 21.7 Å². The topological polar surface area (TPSA) is 34.9 Å². The van der Waals surface area contributed by atoms with E-state index in [4.69, 9.17) is 0 Å². The standard InChI is InChI=1S/C12H11BrN2O/c1-9-6-14-15(7-9)8-12(16)10-4-2-3-5-11(10)13/h2-7H,8H2,1H3. The van der Waals surface area contributed by atoms with Gasteiger partial charge < -0.3 is 0 Å². The first kappa shape index (κ1) is 11.1. The first-order valence-corrected chi connectivity index (χ1v) is 5.73. The summed E-state index contributed by atoms with van der Waals surface area (Å²) in [6.07, 6.45) is 3.60. The van der Waals surface area contributed by atoms with Crippen molar-refractivity contribution in [3.05, 3.63) is 52.3 Å². The zero-order chi connectivity index (χ0) is 11.5. The average Bonchev–Trinajstić information content (AvgIpc) is 2.64. The Morgan fingerprint density at radius 1 is 1.44 bits per heavy atom. The number of hydrogen-bond donors (Lipinski definition) is 0. The Kier molecular flexibility index (Phi) is 3.19. The zero-order valence-electron chi connectivity index (χ0n) is 8.85. The Hall–Kier alpha value is -1.42. The summed E-state index contributed by atoms with van der Waals surface area (Å²) < 4.78 is 2.47. The number of halogens is 1. The number of carbonyl (C=O) groups excluding carboxylic acids is 1. The third-order valence-corrected chi connectivity index (χ3v) is 2.93. The van der Waals surface area contributed by atoms with Crippen LogP contribution in [0.15, 0.2) is 41.1 Å². The number of hydrogen-bond acceptors (Lipinski definition) is 2. The van der Waals surface area contributed by atoms with Crippen molar-refractivity contribution in [3.63, 3.8) is 0 Å². The van der Waals surface area contributed by atoms with Crippen LogP contribution in [0, 0.1) is 6.92 Å². The molecule has 0 atom stereocenters. The maximum Gasteiger partial charge on any atom is 0.185 e. The molecule has 1 aromatic heterocycles. The Morgan fingerprint density at radius 3 is 2.81 bits per heavy atom. The Morgan fingerprint density at radius 2 is 2.19 bits per heavy atom. The molecule has 0 saturated carbocycles. The van der Waals surface area contributed by atoms with E-state index in [9.17, 15) is 4.79 Å². The summed E-state index contributed by atoms with van der Waals surface area (Å²) in [4.78, 5) is 12.0. The van der Waals surface area contributed by atoms with Crippen molar-refractivity contribution in [1.29, 1.82) is 0 Å². The van der Waals surface area contributed by atoms with Gasteiger partial charge in [-0.05, 0) is 18.6 Å². The van der Waals surface area contributed by atoms with Gasteiger partial charge in [0, 0.05) is 16.2 Å². The number of aromatic nitrogens is 2. The van der Waals surface area contributed by atoms with Gasteiger partial charge >= 0.3 is 0 Å². The van der Waals surface area contributed by atoms with Gasteiger partial charge in [-0.15, -0.1) is 0 Å². The van der Waals surface area contributed by atoms with Gasteiger partial charge in [-0.3, -0.25) is 9.48 Å². The van der Waals surface area contributed by atoms with E-state index in [2.05, 4.69) is 21.0 Å². The van der Waals surface area contributed by atoms with Gasteiger partial charge in [0.2, 0.25) is 0 Å². The van der Waals surface area contributed by atoms with Crippen LogP contribution < -0.4 is 0 Å². The molecule has 0 aliphatic rings. The number of rotatable bonds is 3. The number of aryl methyl sites for hydroxylation is 1. The fourth-order valence-electron chi connectivity index (χ4n) is 1.47. The lowest BCUT2D eigenvalue weighted by Crippen LogP contribution is -2.11. The summed E-state index contributed by atoms with van der Waals surface area (Å²) in [5.41, 5.74) is 1.75. The van der Waals surface area contributed by atoms with Crippen LogP contribution in [-0.4, -0.2) is 15.6 Å². The minimum absolute atomic E-state index is 0.0515. The van der Waals surface area contributed by atoms with Crippen LogP contribution in [-0.2, 0) is 6.54 Å². The van der Waals surface area contributed by atoms with Crippen molar-refractivity contribution in [3.8, 4) is 0 Å². The second-order valence-electron chi connectivity index (χ2n) is 3.62. The summed E-state index contributed by atoms with van der Waals surface area (Å²) in [5, 5.41) is 4.09. The van der Waals surface area contributed by atoms with Crippen molar-refractivity contribution in [2.24, 2.45) is 0 Å². The molecule has 2 aromatic rings. The molecule has 1 aromatic carbocycles. The molecule has 0 fully saturated rings. The van der Waals surface area contributed by atoms with Crippen molar-refractivity contribution in [2.75, 3.05) is 0 Å². The van der Waals surface area contributed by atoms with Crippen molar-refractivity contribution < 1.29 is 4.79 Å². The number of Topliss-reactive ketones (excluding diaryl/α,β-unsaturated/α-hetero) is 1. The summed E-state index contributed by atoms with van der Waals surface area (Å²) in [5.74, 6) is 0.0515. The molecule has 0 aliphatic heterocycles. The van der Waals surface area contributed by atoms with Gasteiger partial charge in [0.15, 0.2) is 5.78 Å². The molecule has 0 bridgehead atoms. The highest BCUT2D eigenvalue weighted by atomic mass is 79.9. The highest BCUT2D eigenvalue weighted by Gasteiger charge is 2.10. The number of benzene rings is 1. The van der Waals surface area contributed by atoms with E-state index in [1.165, 1.54) is 0 Å². The maximum absolute atomic E-state index is 12.0. The highest BCUT2D eigenvalue weighted by Crippen LogP contribution is 2.16. The van der Waals surface area contributed by atoms with Crippen LogP contribution in [0.5, 0.6) is 0 Å². The van der Waals surface area contributed by atoms with Crippen LogP contribution in [0.3, 0.4) is 0 Å². The van der Waals surface area contributed by atoms with Gasteiger partial charge in [-0.25, -0.2) is 0 Å². The van der Waals surface area contributed by atoms with Crippen LogP contribution >= 0.6 is 15.9 Å². The molecule has 1 heterocycles. The van der Waals surface area contributed by atoms with E-state index < -0.39 is 0 Å². The fourth-order valence-corrected chi connectivity index (χ4v) is 1.98. The van der Waals surface area contributed by atoms with E-state index in [1.807, 2.05) is 37.4 Å². The monoisotopic (exact) mass is 278 g/mol. The van der Waals surface area contributed by atoms with E-state index in [0.29, 0.717) is 5.56 Å². The lowest BCUT2D eigenvalue weighted by molar-refractivity contribution is 0.0967. The molecule has 2 rings (SSSR count). The van der Waals surface area contributed by atoms with Crippen molar-refractivity contribution in [2.45, 2.75) is 13.5 Å². The van der Waals surface area contributed by atoms with Gasteiger partial charge in [-0.2, -0.15) is 5.10 Å². The highest BCUT2D eigenvalue weighted by molar-refractivity contribution is 9.10. The minimum Gasteiger partial charge on any atom is -0.292 e. The lowest BCUT2D eigenvalue weighted by atomic mass is 10.1. The summed E-state index contributed by atoms with van der Waals surface area (Å²) >= 11 is 3.36. The molecule has 0 saturated heterocycles. The molecule has 0 N–H and O–H groups in total. The van der Waals surface area contributed by atoms with Crippen LogP contribution in [0.2, 0.25) is 0 Å². The maximum atomic E-state index is 12.0. The molecule has 0 unspecified atom stereocenters. The molecule has 16 heavy (non-hydrogen) atoms. The summed E-state index contributed by atoms with van der Waals surface area (Å²) in [6.45, 7) is 2.23. The lowest BCUT2D eigenvalue weighted by Gasteiger charge is -2.03. The first-order chi connectivity index (χ1) is 7.66. The van der Waals surface area contributed by atoms with Crippen LogP contribution in [0.4, 0.5) is 0 Å². The summed E-state index contributed by atoms with van der Waals surface area (Å²) in [7, 11) is 0. The van der Waals surface area contributed by atoms with Crippen molar-refractivity contribution in [1.82, 2.24) is 9.78 Å². The van der Waals surface area contributed by atoms with Gasteiger partial charge in [0.1, 0.15) is 6.54 Å². The largest absolute Gasteiger partial charge is 0.292 e. The Bertz CT molecular complexity index is 519. The van der Waals surface area contributed by atoms with Gasteiger partial charge in [0.05, 0.1) is 6.20 Å². The molecule has 0 spiro atoms.